The average Bonchev–Trinajstić information content (AvgIpc) is 2.83. The first kappa shape index (κ1) is 12.7. The van der Waals surface area contributed by atoms with Gasteiger partial charge in [0.05, 0.1) is 7.11 Å². The van der Waals surface area contributed by atoms with Crippen LogP contribution in [0.15, 0.2) is 36.9 Å². The molecule has 0 radical (unpaired) electrons. The van der Waals surface area contributed by atoms with Gasteiger partial charge >= 0.3 is 0 Å². The molecule has 1 aromatic carbocycles. The van der Waals surface area contributed by atoms with Crippen molar-refractivity contribution in [3.05, 3.63) is 42.5 Å². The highest BCUT2D eigenvalue weighted by Crippen LogP contribution is 2.38. The van der Waals surface area contributed by atoms with Crippen LogP contribution in [0.25, 0.3) is 0 Å². The van der Waals surface area contributed by atoms with Gasteiger partial charge in [0.2, 0.25) is 0 Å². The molecule has 2 rings (SSSR count). The van der Waals surface area contributed by atoms with Crippen LogP contribution in [0.4, 0.5) is 0 Å². The van der Waals surface area contributed by atoms with Crippen molar-refractivity contribution in [3.63, 3.8) is 0 Å². The molecular formula is C16H19NO. The van der Waals surface area contributed by atoms with E-state index in [1.54, 1.807) is 7.11 Å². The fourth-order valence-corrected chi connectivity index (χ4v) is 2.72. The molecule has 0 saturated carbocycles. The Balaban J connectivity index is 2.36. The lowest BCUT2D eigenvalue weighted by Gasteiger charge is -2.34. The van der Waals surface area contributed by atoms with Crippen LogP contribution < -0.4 is 4.74 Å². The van der Waals surface area contributed by atoms with E-state index in [2.05, 4.69) is 29.5 Å². The van der Waals surface area contributed by atoms with Crippen molar-refractivity contribution < 1.29 is 4.74 Å². The molecule has 18 heavy (non-hydrogen) atoms. The zero-order chi connectivity index (χ0) is 13.0. The van der Waals surface area contributed by atoms with Crippen molar-refractivity contribution in [1.29, 1.82) is 0 Å². The number of likely N-dealkylation sites (tertiary alicyclic amines) is 1. The summed E-state index contributed by atoms with van der Waals surface area (Å²) in [6, 6.07) is 8.08. The molecule has 94 valence electrons. The van der Waals surface area contributed by atoms with E-state index >= 15 is 0 Å². The van der Waals surface area contributed by atoms with Crippen molar-refractivity contribution in [1.82, 2.24) is 4.90 Å². The highest BCUT2D eigenvalue weighted by molar-refractivity contribution is 5.38. The normalized spacial score (nSPS) is 23.6. The predicted octanol–water partition coefficient (Wildman–Crippen LogP) is 2.81. The Hall–Kier alpha value is -1.72. The average molecular weight is 241 g/mol. The second-order valence-electron chi connectivity index (χ2n) is 4.57. The van der Waals surface area contributed by atoms with E-state index in [4.69, 9.17) is 11.2 Å². The standard InChI is InChI=1S/C16H19NO/c1-4-12-17-13-6-11-16(17,5-2)14-7-9-15(18-3)10-8-14/h2,4,7-10H,1,6,11-13H2,3H3. The number of hydrogen-bond acceptors (Lipinski definition) is 2. The fraction of sp³-hybridized carbons (Fsp3) is 0.375. The van der Waals surface area contributed by atoms with Gasteiger partial charge in [0.25, 0.3) is 0 Å². The summed E-state index contributed by atoms with van der Waals surface area (Å²) in [7, 11) is 1.67. The highest BCUT2D eigenvalue weighted by atomic mass is 16.5. The number of terminal acetylenes is 1. The maximum Gasteiger partial charge on any atom is 0.118 e. The molecule has 1 aliphatic heterocycles. The smallest absolute Gasteiger partial charge is 0.118 e. The third kappa shape index (κ3) is 2.02. The fourth-order valence-electron chi connectivity index (χ4n) is 2.72. The van der Waals surface area contributed by atoms with E-state index in [9.17, 15) is 0 Å². The van der Waals surface area contributed by atoms with E-state index in [1.807, 2.05) is 18.2 Å². The molecule has 0 aliphatic carbocycles. The van der Waals surface area contributed by atoms with Crippen molar-refractivity contribution >= 4 is 0 Å². The summed E-state index contributed by atoms with van der Waals surface area (Å²) in [6.07, 6.45) is 9.89. The quantitative estimate of drug-likeness (QED) is 0.593. The highest BCUT2D eigenvalue weighted by Gasteiger charge is 2.40. The van der Waals surface area contributed by atoms with Crippen LogP contribution in [0.5, 0.6) is 5.75 Å². The van der Waals surface area contributed by atoms with Gasteiger partial charge in [0.15, 0.2) is 0 Å². The Labute approximate surface area is 109 Å². The lowest BCUT2D eigenvalue weighted by atomic mass is 9.88. The maximum absolute atomic E-state index is 5.83. The minimum atomic E-state index is -0.277. The molecule has 0 N–H and O–H groups in total. The monoisotopic (exact) mass is 241 g/mol. The molecule has 0 aromatic heterocycles. The van der Waals surface area contributed by atoms with Crippen LogP contribution in [0, 0.1) is 12.3 Å². The van der Waals surface area contributed by atoms with E-state index in [-0.39, 0.29) is 5.54 Å². The molecule has 1 heterocycles. The maximum atomic E-state index is 5.83. The third-order valence-electron chi connectivity index (χ3n) is 3.66. The van der Waals surface area contributed by atoms with Crippen LogP contribution in [-0.2, 0) is 5.54 Å². The van der Waals surface area contributed by atoms with Gasteiger partial charge in [0, 0.05) is 13.1 Å². The van der Waals surface area contributed by atoms with Crippen LogP contribution in [0.2, 0.25) is 0 Å². The number of methoxy groups -OCH3 is 1. The first-order valence-electron chi connectivity index (χ1n) is 6.25. The SMILES string of the molecule is C#CC1(c2ccc(OC)cc2)CCCN1CC=C. The van der Waals surface area contributed by atoms with Gasteiger partial charge in [-0.25, -0.2) is 0 Å². The lowest BCUT2D eigenvalue weighted by Crippen LogP contribution is -2.40. The first-order valence-corrected chi connectivity index (χ1v) is 6.25. The van der Waals surface area contributed by atoms with Gasteiger partial charge in [-0.1, -0.05) is 24.1 Å². The van der Waals surface area contributed by atoms with Gasteiger partial charge in [-0.05, 0) is 30.5 Å². The van der Waals surface area contributed by atoms with Gasteiger partial charge in [-0.15, -0.1) is 13.0 Å². The Bertz CT molecular complexity index is 457. The number of nitrogens with zero attached hydrogens (tertiary/aromatic N) is 1. The minimum absolute atomic E-state index is 0.277. The van der Waals surface area contributed by atoms with Crippen molar-refractivity contribution in [2.24, 2.45) is 0 Å². The van der Waals surface area contributed by atoms with Crippen molar-refractivity contribution in [3.8, 4) is 18.1 Å². The zero-order valence-electron chi connectivity index (χ0n) is 10.9. The van der Waals surface area contributed by atoms with Gasteiger partial charge in [-0.2, -0.15) is 0 Å². The van der Waals surface area contributed by atoms with Gasteiger partial charge < -0.3 is 4.74 Å². The summed E-state index contributed by atoms with van der Waals surface area (Å²) >= 11 is 0. The van der Waals surface area contributed by atoms with Gasteiger partial charge in [0.1, 0.15) is 11.3 Å². The van der Waals surface area contributed by atoms with E-state index in [1.165, 1.54) is 5.56 Å². The van der Waals surface area contributed by atoms with Gasteiger partial charge in [-0.3, -0.25) is 4.90 Å². The molecule has 1 atom stereocenters. The van der Waals surface area contributed by atoms with E-state index in [0.717, 1.165) is 31.7 Å². The number of benzene rings is 1. The van der Waals surface area contributed by atoms with Crippen LogP contribution in [0.1, 0.15) is 18.4 Å². The Morgan fingerprint density at radius 3 is 2.78 bits per heavy atom. The zero-order valence-corrected chi connectivity index (χ0v) is 10.9. The molecule has 1 aliphatic rings. The summed E-state index contributed by atoms with van der Waals surface area (Å²) in [4.78, 5) is 2.32. The molecule has 1 saturated heterocycles. The largest absolute Gasteiger partial charge is 0.497 e. The number of ether oxygens (including phenoxy) is 1. The number of hydrogen-bond donors (Lipinski definition) is 0. The lowest BCUT2D eigenvalue weighted by molar-refractivity contribution is 0.217. The molecular weight excluding hydrogens is 222 g/mol. The van der Waals surface area contributed by atoms with Crippen molar-refractivity contribution in [2.75, 3.05) is 20.2 Å². The molecule has 0 amide bonds. The van der Waals surface area contributed by atoms with E-state index < -0.39 is 0 Å². The van der Waals surface area contributed by atoms with Crippen LogP contribution in [-0.4, -0.2) is 25.1 Å². The first-order chi connectivity index (χ1) is 8.76. The molecule has 2 heteroatoms. The van der Waals surface area contributed by atoms with E-state index in [0.29, 0.717) is 0 Å². The molecule has 1 fully saturated rings. The number of rotatable bonds is 4. The molecule has 1 aromatic rings. The second kappa shape index (κ2) is 5.29. The topological polar surface area (TPSA) is 12.5 Å². The summed E-state index contributed by atoms with van der Waals surface area (Å²) in [5, 5.41) is 0. The summed E-state index contributed by atoms with van der Waals surface area (Å²) in [5.41, 5.74) is 0.894. The predicted molar refractivity (Wildman–Crippen MR) is 74.5 cm³/mol. The Morgan fingerprint density at radius 2 is 2.22 bits per heavy atom. The third-order valence-corrected chi connectivity index (χ3v) is 3.66. The molecule has 0 bridgehead atoms. The van der Waals surface area contributed by atoms with Crippen LogP contribution in [0.3, 0.4) is 0 Å². The minimum Gasteiger partial charge on any atom is -0.497 e. The summed E-state index contributed by atoms with van der Waals surface area (Å²) in [5.74, 6) is 3.86. The summed E-state index contributed by atoms with van der Waals surface area (Å²) in [6.45, 7) is 5.67. The Morgan fingerprint density at radius 1 is 1.50 bits per heavy atom. The molecule has 0 spiro atoms. The Kier molecular flexibility index (Phi) is 3.74. The molecule has 2 nitrogen and oxygen atoms in total. The van der Waals surface area contributed by atoms with Crippen molar-refractivity contribution in [2.45, 2.75) is 18.4 Å². The summed E-state index contributed by atoms with van der Waals surface area (Å²) < 4.78 is 5.19. The van der Waals surface area contributed by atoms with Crippen LogP contribution >= 0.6 is 0 Å². The molecule has 1 unspecified atom stereocenters. The second-order valence-corrected chi connectivity index (χ2v) is 4.57.